The summed E-state index contributed by atoms with van der Waals surface area (Å²) < 4.78 is 7.54. The topological polar surface area (TPSA) is 76.5 Å². The van der Waals surface area contributed by atoms with Gasteiger partial charge in [0.05, 0.1) is 24.8 Å². The Bertz CT molecular complexity index is 943. The van der Waals surface area contributed by atoms with E-state index in [4.69, 9.17) is 9.72 Å². The Morgan fingerprint density at radius 2 is 1.84 bits per heavy atom. The number of nitrogens with zero attached hydrogens (tertiary/aromatic N) is 3. The van der Waals surface area contributed by atoms with Crippen molar-refractivity contribution in [1.29, 1.82) is 0 Å². The second-order valence-corrected chi connectivity index (χ2v) is 8.88. The summed E-state index contributed by atoms with van der Waals surface area (Å²) in [5.41, 5.74) is 2.29. The lowest BCUT2D eigenvalue weighted by molar-refractivity contribution is -0.137. The fourth-order valence-corrected chi connectivity index (χ4v) is 5.03. The van der Waals surface area contributed by atoms with Crippen molar-refractivity contribution in [2.75, 3.05) is 19.8 Å². The number of fused-ring (bicyclic) bond motifs is 1. The van der Waals surface area contributed by atoms with Crippen molar-refractivity contribution in [3.05, 3.63) is 41.7 Å². The first-order valence-electron chi connectivity index (χ1n) is 11.5. The zero-order valence-electron chi connectivity index (χ0n) is 17.9. The van der Waals surface area contributed by atoms with Crippen LogP contribution in [0.25, 0.3) is 11.4 Å². The first kappa shape index (κ1) is 20.2. The predicted octanol–water partition coefficient (Wildman–Crippen LogP) is 2.99. The summed E-state index contributed by atoms with van der Waals surface area (Å²) in [6, 6.07) is 10.2. The van der Waals surface area contributed by atoms with Crippen molar-refractivity contribution >= 4 is 11.8 Å². The SMILES string of the molecule is O=C(NC1CCCCC1)c1nc(-c2ccccc2)n2c1CN(C(=O)C1CCOC1)CC2. The largest absolute Gasteiger partial charge is 0.381 e. The lowest BCUT2D eigenvalue weighted by Crippen LogP contribution is -2.43. The number of hydrogen-bond acceptors (Lipinski definition) is 4. The molecule has 1 aromatic carbocycles. The van der Waals surface area contributed by atoms with E-state index in [1.807, 2.05) is 35.2 Å². The Labute approximate surface area is 182 Å². The van der Waals surface area contributed by atoms with Gasteiger partial charge in [-0.1, -0.05) is 49.6 Å². The molecule has 31 heavy (non-hydrogen) atoms. The van der Waals surface area contributed by atoms with E-state index in [1.165, 1.54) is 6.42 Å². The third-order valence-corrected chi connectivity index (χ3v) is 6.78. The maximum absolute atomic E-state index is 13.3. The highest BCUT2D eigenvalue weighted by Crippen LogP contribution is 2.28. The summed E-state index contributed by atoms with van der Waals surface area (Å²) in [4.78, 5) is 32.9. The highest BCUT2D eigenvalue weighted by atomic mass is 16.5. The molecule has 5 rings (SSSR count). The van der Waals surface area contributed by atoms with Crippen molar-refractivity contribution in [1.82, 2.24) is 19.8 Å². The van der Waals surface area contributed by atoms with Gasteiger partial charge < -0.3 is 19.5 Å². The summed E-state index contributed by atoms with van der Waals surface area (Å²) in [6.45, 7) is 2.83. The van der Waals surface area contributed by atoms with Gasteiger partial charge in [-0.25, -0.2) is 4.98 Å². The van der Waals surface area contributed by atoms with Crippen molar-refractivity contribution in [2.45, 2.75) is 57.7 Å². The van der Waals surface area contributed by atoms with Gasteiger partial charge in [-0.15, -0.1) is 0 Å². The summed E-state index contributed by atoms with van der Waals surface area (Å²) in [7, 11) is 0. The van der Waals surface area contributed by atoms with Crippen molar-refractivity contribution in [2.24, 2.45) is 5.92 Å². The van der Waals surface area contributed by atoms with Gasteiger partial charge in [0.2, 0.25) is 5.91 Å². The molecule has 1 saturated heterocycles. The molecule has 0 bridgehead atoms. The third-order valence-electron chi connectivity index (χ3n) is 6.78. The molecular formula is C24H30N4O3. The standard InChI is InChI=1S/C24H30N4O3/c29-23(25-19-9-5-2-6-10-19)21-20-15-27(24(30)18-11-14-31-16-18)12-13-28(20)22(26-21)17-7-3-1-4-8-17/h1,3-4,7-8,18-19H,2,5-6,9-16H2,(H,25,29). The van der Waals surface area contributed by atoms with Crippen LogP contribution in [-0.4, -0.2) is 52.1 Å². The molecular weight excluding hydrogens is 392 g/mol. The van der Waals surface area contributed by atoms with Crippen molar-refractivity contribution in [3.8, 4) is 11.4 Å². The molecule has 0 radical (unpaired) electrons. The third kappa shape index (κ3) is 4.11. The number of ether oxygens (including phenoxy) is 1. The Kier molecular flexibility index (Phi) is 5.76. The zero-order valence-corrected chi connectivity index (χ0v) is 17.9. The maximum Gasteiger partial charge on any atom is 0.272 e. The zero-order chi connectivity index (χ0) is 21.2. The molecule has 3 heterocycles. The first-order chi connectivity index (χ1) is 15.2. The second-order valence-electron chi connectivity index (χ2n) is 8.88. The van der Waals surface area contributed by atoms with Gasteiger partial charge in [-0.3, -0.25) is 9.59 Å². The highest BCUT2D eigenvalue weighted by Gasteiger charge is 2.34. The van der Waals surface area contributed by atoms with Gasteiger partial charge >= 0.3 is 0 Å². The monoisotopic (exact) mass is 422 g/mol. The fraction of sp³-hybridized carbons (Fsp3) is 0.542. The molecule has 1 aliphatic carbocycles. The molecule has 2 aliphatic heterocycles. The van der Waals surface area contributed by atoms with Crippen LogP contribution >= 0.6 is 0 Å². The molecule has 1 saturated carbocycles. The minimum Gasteiger partial charge on any atom is -0.381 e. The number of benzene rings is 1. The Hall–Kier alpha value is -2.67. The molecule has 3 aliphatic rings. The number of amides is 2. The summed E-state index contributed by atoms with van der Waals surface area (Å²) in [6.07, 6.45) is 6.39. The van der Waals surface area contributed by atoms with Gasteiger partial charge in [0.25, 0.3) is 5.91 Å². The van der Waals surface area contributed by atoms with Crippen LogP contribution in [0.4, 0.5) is 0 Å². The molecule has 1 atom stereocenters. The van der Waals surface area contributed by atoms with Gasteiger partial charge in [0, 0.05) is 31.3 Å². The normalized spacial score (nSPS) is 21.7. The van der Waals surface area contributed by atoms with E-state index in [-0.39, 0.29) is 23.8 Å². The van der Waals surface area contributed by atoms with E-state index in [2.05, 4.69) is 9.88 Å². The molecule has 164 valence electrons. The molecule has 2 aromatic rings. The van der Waals surface area contributed by atoms with Crippen LogP contribution in [0.5, 0.6) is 0 Å². The smallest absolute Gasteiger partial charge is 0.272 e. The van der Waals surface area contributed by atoms with Crippen molar-refractivity contribution < 1.29 is 14.3 Å². The molecule has 1 aromatic heterocycles. The lowest BCUT2D eigenvalue weighted by Gasteiger charge is -2.31. The Morgan fingerprint density at radius 1 is 1.03 bits per heavy atom. The number of carbonyl (C=O) groups is 2. The molecule has 0 spiro atoms. The summed E-state index contributed by atoms with van der Waals surface area (Å²) >= 11 is 0. The fourth-order valence-electron chi connectivity index (χ4n) is 5.03. The number of carbonyl (C=O) groups excluding carboxylic acids is 2. The molecule has 1 N–H and O–H groups in total. The Morgan fingerprint density at radius 3 is 2.58 bits per heavy atom. The average molecular weight is 423 g/mol. The highest BCUT2D eigenvalue weighted by molar-refractivity contribution is 5.94. The Balaban J connectivity index is 1.45. The summed E-state index contributed by atoms with van der Waals surface area (Å²) in [5, 5.41) is 3.21. The van der Waals surface area contributed by atoms with E-state index < -0.39 is 0 Å². The molecule has 7 heteroatoms. The predicted molar refractivity (Wildman–Crippen MR) is 116 cm³/mol. The van der Waals surface area contributed by atoms with Crippen LogP contribution in [0, 0.1) is 5.92 Å². The average Bonchev–Trinajstić information content (AvgIpc) is 3.48. The minimum atomic E-state index is -0.115. The number of hydrogen-bond donors (Lipinski definition) is 1. The van der Waals surface area contributed by atoms with Gasteiger partial charge in [-0.05, 0) is 19.3 Å². The van der Waals surface area contributed by atoms with E-state index >= 15 is 0 Å². The van der Waals surface area contributed by atoms with Crippen LogP contribution in [0.15, 0.2) is 30.3 Å². The molecule has 2 amide bonds. The second kappa shape index (κ2) is 8.83. The van der Waals surface area contributed by atoms with E-state index in [0.717, 1.165) is 49.2 Å². The summed E-state index contributed by atoms with van der Waals surface area (Å²) in [5.74, 6) is 0.754. The molecule has 1 unspecified atom stereocenters. The minimum absolute atomic E-state index is 0.0671. The van der Waals surface area contributed by atoms with Gasteiger partial charge in [-0.2, -0.15) is 0 Å². The molecule has 7 nitrogen and oxygen atoms in total. The lowest BCUT2D eigenvalue weighted by atomic mass is 9.95. The number of nitrogens with one attached hydrogen (secondary N) is 1. The van der Waals surface area contributed by atoms with Crippen molar-refractivity contribution in [3.63, 3.8) is 0 Å². The van der Waals surface area contributed by atoms with Crippen LogP contribution in [0.1, 0.15) is 54.7 Å². The maximum atomic E-state index is 13.3. The van der Waals surface area contributed by atoms with Gasteiger partial charge in [0.15, 0.2) is 5.69 Å². The van der Waals surface area contributed by atoms with Gasteiger partial charge in [0.1, 0.15) is 5.82 Å². The van der Waals surface area contributed by atoms with Crippen LogP contribution in [0.2, 0.25) is 0 Å². The van der Waals surface area contributed by atoms with E-state index in [0.29, 0.717) is 38.5 Å². The van der Waals surface area contributed by atoms with Crippen LogP contribution in [-0.2, 0) is 22.6 Å². The number of aromatic nitrogens is 2. The van der Waals surface area contributed by atoms with Crippen LogP contribution in [0.3, 0.4) is 0 Å². The van der Waals surface area contributed by atoms with Crippen LogP contribution < -0.4 is 5.32 Å². The van der Waals surface area contributed by atoms with E-state index in [9.17, 15) is 9.59 Å². The molecule has 2 fully saturated rings. The van der Waals surface area contributed by atoms with E-state index in [1.54, 1.807) is 0 Å². The first-order valence-corrected chi connectivity index (χ1v) is 11.5. The number of imidazole rings is 1. The quantitative estimate of drug-likeness (QED) is 0.822. The number of rotatable bonds is 4.